The molecule has 0 amide bonds. The molecule has 1 aromatic heterocycles. The number of nitrogens with zero attached hydrogens (tertiary/aromatic N) is 1. The maximum Gasteiger partial charge on any atom is 0.266 e. The molecule has 0 radical (unpaired) electrons. The van der Waals surface area contributed by atoms with E-state index in [4.69, 9.17) is 11.6 Å². The average molecular weight is 462 g/mol. The highest BCUT2D eigenvalue weighted by Gasteiger charge is 2.23. The molecule has 154 valence electrons. The Bertz CT molecular complexity index is 1310. The number of thiazole rings is 1. The van der Waals surface area contributed by atoms with Gasteiger partial charge in [-0.15, -0.1) is 11.3 Å². The molecule has 0 saturated carbocycles. The van der Waals surface area contributed by atoms with Crippen LogP contribution in [0.25, 0.3) is 10.8 Å². The van der Waals surface area contributed by atoms with E-state index in [0.717, 1.165) is 39.8 Å². The molecule has 0 aliphatic heterocycles. The molecule has 2 N–H and O–H groups in total. The summed E-state index contributed by atoms with van der Waals surface area (Å²) in [5.74, 6) is -0.906. The first-order valence-electron chi connectivity index (χ1n) is 9.01. The quantitative estimate of drug-likeness (QED) is 0.366. The van der Waals surface area contributed by atoms with Crippen LogP contribution >= 0.6 is 22.9 Å². The van der Waals surface area contributed by atoms with Gasteiger partial charge < -0.3 is 5.32 Å². The molecule has 0 bridgehead atoms. The summed E-state index contributed by atoms with van der Waals surface area (Å²) in [6, 6.07) is 15.9. The summed E-state index contributed by atoms with van der Waals surface area (Å²) in [6.45, 7) is 1.94. The van der Waals surface area contributed by atoms with Gasteiger partial charge >= 0.3 is 0 Å². The van der Waals surface area contributed by atoms with Gasteiger partial charge in [-0.05, 0) is 35.4 Å². The smallest absolute Gasteiger partial charge is 0.266 e. The Balaban J connectivity index is 1.63. The van der Waals surface area contributed by atoms with Gasteiger partial charge in [0.15, 0.2) is 5.13 Å². The number of halogens is 2. The van der Waals surface area contributed by atoms with Crippen LogP contribution in [0.1, 0.15) is 18.5 Å². The van der Waals surface area contributed by atoms with Crippen LogP contribution in [0.5, 0.6) is 0 Å². The van der Waals surface area contributed by atoms with Gasteiger partial charge in [-0.3, -0.25) is 4.72 Å². The molecule has 30 heavy (non-hydrogen) atoms. The third-order valence-corrected chi connectivity index (χ3v) is 7.11. The van der Waals surface area contributed by atoms with E-state index in [1.165, 1.54) is 6.20 Å². The second-order valence-electron chi connectivity index (χ2n) is 6.64. The number of aromatic nitrogens is 1. The molecule has 0 saturated heterocycles. The van der Waals surface area contributed by atoms with Crippen LogP contribution in [0.4, 0.5) is 15.2 Å². The van der Waals surface area contributed by atoms with Gasteiger partial charge in [0.1, 0.15) is 10.7 Å². The number of benzene rings is 3. The van der Waals surface area contributed by atoms with Crippen molar-refractivity contribution in [2.24, 2.45) is 0 Å². The van der Waals surface area contributed by atoms with Gasteiger partial charge in [0.05, 0.1) is 10.7 Å². The normalized spacial score (nSPS) is 12.6. The first-order chi connectivity index (χ1) is 14.3. The van der Waals surface area contributed by atoms with E-state index in [9.17, 15) is 12.8 Å². The van der Waals surface area contributed by atoms with Gasteiger partial charge in [0.25, 0.3) is 10.0 Å². The second-order valence-corrected chi connectivity index (χ2v) is 9.59. The molecule has 0 spiro atoms. The van der Waals surface area contributed by atoms with Crippen molar-refractivity contribution in [1.82, 2.24) is 4.98 Å². The summed E-state index contributed by atoms with van der Waals surface area (Å²) in [5.41, 5.74) is 1.33. The monoisotopic (exact) mass is 461 g/mol. The zero-order chi connectivity index (χ0) is 21.3. The minimum Gasteiger partial charge on any atom is -0.377 e. The van der Waals surface area contributed by atoms with Crippen LogP contribution in [0.2, 0.25) is 5.02 Å². The fraction of sp³-hybridized carbons (Fsp3) is 0.0952. The Kier molecular flexibility index (Phi) is 5.64. The number of anilines is 2. The first-order valence-corrected chi connectivity index (χ1v) is 11.7. The van der Waals surface area contributed by atoms with Crippen LogP contribution < -0.4 is 10.0 Å². The molecule has 4 aromatic rings. The van der Waals surface area contributed by atoms with Crippen molar-refractivity contribution in [1.29, 1.82) is 0 Å². The molecule has 1 heterocycles. The van der Waals surface area contributed by atoms with Crippen molar-refractivity contribution in [3.05, 3.63) is 82.6 Å². The summed E-state index contributed by atoms with van der Waals surface area (Å²) in [4.78, 5) is 3.32. The number of sulfonamides is 1. The van der Waals surface area contributed by atoms with Gasteiger partial charge in [-0.25, -0.2) is 17.8 Å². The predicted octanol–water partition coefficient (Wildman–Crippen LogP) is 6.06. The van der Waals surface area contributed by atoms with Gasteiger partial charge in [-0.2, -0.15) is 0 Å². The topological polar surface area (TPSA) is 71.1 Å². The van der Waals surface area contributed by atoms with E-state index < -0.39 is 20.7 Å². The van der Waals surface area contributed by atoms with Gasteiger partial charge in [-0.1, -0.05) is 54.1 Å². The van der Waals surface area contributed by atoms with Gasteiger partial charge in [0.2, 0.25) is 0 Å². The van der Waals surface area contributed by atoms with Crippen LogP contribution in [0.15, 0.2) is 71.1 Å². The van der Waals surface area contributed by atoms with E-state index in [2.05, 4.69) is 15.0 Å². The van der Waals surface area contributed by atoms with Crippen LogP contribution in [-0.4, -0.2) is 13.4 Å². The van der Waals surface area contributed by atoms with Gasteiger partial charge in [0, 0.05) is 17.6 Å². The molecule has 1 atom stereocenters. The summed E-state index contributed by atoms with van der Waals surface area (Å²) in [6.07, 6.45) is 1.45. The molecule has 0 aliphatic carbocycles. The van der Waals surface area contributed by atoms with E-state index in [1.807, 2.05) is 49.4 Å². The largest absolute Gasteiger partial charge is 0.377 e. The molecular weight excluding hydrogens is 445 g/mol. The number of rotatable bonds is 6. The standard InChI is InChI=1S/C21H17ClFN3O2S2/c1-13(15-8-4-6-14-5-2-3-7-16(14)15)25-19-12-18(23)20(11-17(19)22)30(27,28)26-21-24-9-10-29-21/h2-13,25H,1H3,(H,24,26)/t13-/m0/s1. The van der Waals surface area contributed by atoms with Crippen molar-refractivity contribution in [2.75, 3.05) is 10.0 Å². The van der Waals surface area contributed by atoms with Crippen molar-refractivity contribution in [3.8, 4) is 0 Å². The maximum absolute atomic E-state index is 14.7. The number of hydrogen-bond acceptors (Lipinski definition) is 5. The van der Waals surface area contributed by atoms with Crippen molar-refractivity contribution in [2.45, 2.75) is 17.9 Å². The number of hydrogen-bond donors (Lipinski definition) is 2. The highest BCUT2D eigenvalue weighted by atomic mass is 35.5. The Morgan fingerprint density at radius 2 is 1.90 bits per heavy atom. The SMILES string of the molecule is C[C@H](Nc1cc(F)c(S(=O)(=O)Nc2nccs2)cc1Cl)c1cccc2ccccc12. The molecule has 3 aromatic carbocycles. The van der Waals surface area contributed by atoms with Crippen LogP contribution in [-0.2, 0) is 10.0 Å². The average Bonchev–Trinajstić information content (AvgIpc) is 3.22. The Morgan fingerprint density at radius 1 is 1.13 bits per heavy atom. The minimum atomic E-state index is -4.15. The summed E-state index contributed by atoms with van der Waals surface area (Å²) in [5, 5.41) is 7.22. The highest BCUT2D eigenvalue weighted by molar-refractivity contribution is 7.93. The summed E-state index contributed by atoms with van der Waals surface area (Å²) < 4.78 is 42.0. The van der Waals surface area contributed by atoms with Crippen molar-refractivity contribution < 1.29 is 12.8 Å². The van der Waals surface area contributed by atoms with Crippen LogP contribution in [0, 0.1) is 5.82 Å². The predicted molar refractivity (Wildman–Crippen MR) is 120 cm³/mol. The lowest BCUT2D eigenvalue weighted by atomic mass is 9.99. The number of nitrogens with one attached hydrogen (secondary N) is 2. The van der Waals surface area contributed by atoms with Crippen LogP contribution in [0.3, 0.4) is 0 Å². The molecule has 0 unspecified atom stereocenters. The lowest BCUT2D eigenvalue weighted by Crippen LogP contribution is -2.15. The first kappa shape index (κ1) is 20.6. The summed E-state index contributed by atoms with van der Waals surface area (Å²) >= 11 is 7.40. The van der Waals surface area contributed by atoms with E-state index in [0.29, 0.717) is 5.69 Å². The molecule has 9 heteroatoms. The maximum atomic E-state index is 14.7. The van der Waals surface area contributed by atoms with E-state index >= 15 is 0 Å². The third kappa shape index (κ3) is 4.12. The fourth-order valence-electron chi connectivity index (χ4n) is 3.23. The Morgan fingerprint density at radius 3 is 2.67 bits per heavy atom. The zero-order valence-corrected chi connectivity index (χ0v) is 18.2. The minimum absolute atomic E-state index is 0.100. The lowest BCUT2D eigenvalue weighted by molar-refractivity contribution is 0.570. The molecule has 0 aliphatic rings. The Hall–Kier alpha value is -2.68. The highest BCUT2D eigenvalue weighted by Crippen LogP contribution is 2.33. The van der Waals surface area contributed by atoms with Crippen molar-refractivity contribution in [3.63, 3.8) is 0 Å². The molecular formula is C21H17ClFN3O2S2. The number of fused-ring (bicyclic) bond motifs is 1. The summed E-state index contributed by atoms with van der Waals surface area (Å²) in [7, 11) is -4.15. The molecule has 4 rings (SSSR count). The fourth-order valence-corrected chi connectivity index (χ4v) is 5.39. The molecule has 0 fully saturated rings. The van der Waals surface area contributed by atoms with E-state index in [-0.39, 0.29) is 16.2 Å². The van der Waals surface area contributed by atoms with Crippen molar-refractivity contribution >= 4 is 54.6 Å². The second kappa shape index (κ2) is 8.22. The van der Waals surface area contributed by atoms with E-state index in [1.54, 1.807) is 5.38 Å². The Labute approximate surface area is 182 Å². The third-order valence-electron chi connectivity index (χ3n) is 4.63. The lowest BCUT2D eigenvalue weighted by Gasteiger charge is -2.19. The zero-order valence-electron chi connectivity index (χ0n) is 15.8. The molecule has 5 nitrogen and oxygen atoms in total.